The van der Waals surface area contributed by atoms with E-state index in [-0.39, 0.29) is 27.6 Å². The third kappa shape index (κ3) is 5.88. The third-order valence-corrected chi connectivity index (χ3v) is 5.52. The number of anilines is 1. The van der Waals surface area contributed by atoms with Crippen molar-refractivity contribution >= 4 is 46.7 Å². The summed E-state index contributed by atoms with van der Waals surface area (Å²) in [7, 11) is 0. The number of amides is 2. The predicted octanol–water partition coefficient (Wildman–Crippen LogP) is 5.12. The first kappa shape index (κ1) is 24.2. The summed E-state index contributed by atoms with van der Waals surface area (Å²) in [4.78, 5) is 36.6. The van der Waals surface area contributed by atoms with E-state index in [2.05, 4.69) is 10.6 Å². The molecule has 2 amide bonds. The maximum Gasteiger partial charge on any atom is 0.326 e. The highest BCUT2D eigenvalue weighted by Gasteiger charge is 2.24. The Labute approximate surface area is 199 Å². The molecule has 3 aromatic carbocycles. The number of hydrogen-bond donors (Lipinski definition) is 3. The van der Waals surface area contributed by atoms with Crippen LogP contribution < -0.4 is 10.6 Å². The van der Waals surface area contributed by atoms with E-state index in [1.54, 1.807) is 55.5 Å². The zero-order valence-corrected chi connectivity index (χ0v) is 18.9. The highest BCUT2D eigenvalue weighted by molar-refractivity contribution is 6.40. The van der Waals surface area contributed by atoms with E-state index >= 15 is 0 Å². The topological polar surface area (TPSA) is 95.5 Å². The van der Waals surface area contributed by atoms with Crippen LogP contribution in [0.1, 0.15) is 31.8 Å². The number of benzene rings is 3. The molecule has 0 heterocycles. The largest absolute Gasteiger partial charge is 0.480 e. The Morgan fingerprint density at radius 2 is 1.52 bits per heavy atom. The molecule has 0 radical (unpaired) electrons. The maximum atomic E-state index is 14.0. The zero-order chi connectivity index (χ0) is 24.1. The first-order valence-electron chi connectivity index (χ1n) is 9.80. The van der Waals surface area contributed by atoms with Crippen LogP contribution in [0, 0.1) is 12.7 Å². The van der Waals surface area contributed by atoms with Crippen molar-refractivity contribution in [3.63, 3.8) is 0 Å². The van der Waals surface area contributed by atoms with Crippen molar-refractivity contribution in [1.29, 1.82) is 0 Å². The SMILES string of the molecule is Cc1cccc(F)c1C(=O)N[C@@H](Cc1ccc(NC(=O)c2c(Cl)cccc2Cl)cc1)C(=O)O. The minimum absolute atomic E-state index is 0.0425. The van der Waals surface area contributed by atoms with Gasteiger partial charge in [0.2, 0.25) is 0 Å². The lowest BCUT2D eigenvalue weighted by atomic mass is 10.0. The molecule has 1 atom stereocenters. The molecule has 9 heteroatoms. The smallest absolute Gasteiger partial charge is 0.326 e. The van der Waals surface area contributed by atoms with Gasteiger partial charge in [0.25, 0.3) is 11.8 Å². The molecule has 170 valence electrons. The number of carbonyl (C=O) groups excluding carboxylic acids is 2. The minimum atomic E-state index is -1.28. The van der Waals surface area contributed by atoms with E-state index in [1.807, 2.05) is 0 Å². The molecule has 33 heavy (non-hydrogen) atoms. The summed E-state index contributed by atoms with van der Waals surface area (Å²) < 4.78 is 14.0. The second-order valence-electron chi connectivity index (χ2n) is 7.25. The summed E-state index contributed by atoms with van der Waals surface area (Å²) in [5.74, 6) is -3.29. The lowest BCUT2D eigenvalue weighted by Gasteiger charge is -2.16. The molecular formula is C24H19Cl2FN2O4. The van der Waals surface area contributed by atoms with Crippen LogP contribution in [0.5, 0.6) is 0 Å². The molecule has 0 saturated heterocycles. The van der Waals surface area contributed by atoms with Crippen molar-refractivity contribution in [2.45, 2.75) is 19.4 Å². The van der Waals surface area contributed by atoms with Crippen LogP contribution in [-0.2, 0) is 11.2 Å². The van der Waals surface area contributed by atoms with Crippen molar-refractivity contribution in [3.05, 3.63) is 98.8 Å². The normalized spacial score (nSPS) is 11.5. The monoisotopic (exact) mass is 488 g/mol. The maximum absolute atomic E-state index is 14.0. The molecule has 3 aromatic rings. The summed E-state index contributed by atoms with van der Waals surface area (Å²) in [5.41, 5.74) is 1.37. The Hall–Kier alpha value is -3.42. The fraction of sp³-hybridized carbons (Fsp3) is 0.125. The standard InChI is InChI=1S/C24H19Cl2FN2O4/c1-13-4-2-7-18(27)20(13)22(30)29-19(24(32)33)12-14-8-10-15(11-9-14)28-23(31)21-16(25)5-3-6-17(21)26/h2-11,19H,12H2,1H3,(H,28,31)(H,29,30)(H,32,33)/t19-/m0/s1. The molecule has 0 fully saturated rings. The first-order valence-corrected chi connectivity index (χ1v) is 10.6. The van der Waals surface area contributed by atoms with Gasteiger partial charge in [-0.05, 0) is 48.4 Å². The van der Waals surface area contributed by atoms with Crippen molar-refractivity contribution < 1.29 is 23.9 Å². The minimum Gasteiger partial charge on any atom is -0.480 e. The van der Waals surface area contributed by atoms with Gasteiger partial charge in [0, 0.05) is 12.1 Å². The summed E-state index contributed by atoms with van der Waals surface area (Å²) in [6, 6.07) is 14.0. The van der Waals surface area contributed by atoms with Crippen LogP contribution >= 0.6 is 23.2 Å². The number of carboxylic acid groups (broad SMARTS) is 1. The number of carboxylic acids is 1. The van der Waals surface area contributed by atoms with Crippen molar-refractivity contribution in [2.75, 3.05) is 5.32 Å². The summed E-state index contributed by atoms with van der Waals surface area (Å²) in [6.45, 7) is 1.57. The molecule has 0 aliphatic carbocycles. The number of nitrogens with one attached hydrogen (secondary N) is 2. The average molecular weight is 489 g/mol. The van der Waals surface area contributed by atoms with Crippen LogP contribution in [0.15, 0.2) is 60.7 Å². The zero-order valence-electron chi connectivity index (χ0n) is 17.4. The molecule has 0 aliphatic rings. The fourth-order valence-electron chi connectivity index (χ4n) is 3.22. The summed E-state index contributed by atoms with van der Waals surface area (Å²) in [6.07, 6.45) is -0.0425. The number of aliphatic carboxylic acids is 1. The predicted molar refractivity (Wildman–Crippen MR) is 125 cm³/mol. The van der Waals surface area contributed by atoms with Crippen molar-refractivity contribution in [2.24, 2.45) is 0 Å². The lowest BCUT2D eigenvalue weighted by molar-refractivity contribution is -0.139. The molecule has 0 spiro atoms. The highest BCUT2D eigenvalue weighted by atomic mass is 35.5. The second-order valence-corrected chi connectivity index (χ2v) is 8.06. The lowest BCUT2D eigenvalue weighted by Crippen LogP contribution is -2.42. The first-order chi connectivity index (χ1) is 15.7. The Kier molecular flexibility index (Phi) is 7.68. The molecule has 0 aliphatic heterocycles. The third-order valence-electron chi connectivity index (χ3n) is 4.89. The van der Waals surface area contributed by atoms with Gasteiger partial charge >= 0.3 is 5.97 Å². The summed E-state index contributed by atoms with van der Waals surface area (Å²) in [5, 5.41) is 15.0. The van der Waals surface area contributed by atoms with E-state index in [0.717, 1.165) is 6.07 Å². The van der Waals surface area contributed by atoms with E-state index in [9.17, 15) is 23.9 Å². The van der Waals surface area contributed by atoms with Gasteiger partial charge in [0.1, 0.15) is 11.9 Å². The Morgan fingerprint density at radius 3 is 2.09 bits per heavy atom. The molecule has 0 aromatic heterocycles. The van der Waals surface area contributed by atoms with E-state index in [4.69, 9.17) is 23.2 Å². The number of carbonyl (C=O) groups is 3. The Morgan fingerprint density at radius 1 is 0.909 bits per heavy atom. The quantitative estimate of drug-likeness (QED) is 0.430. The van der Waals surface area contributed by atoms with Gasteiger partial charge < -0.3 is 15.7 Å². The van der Waals surface area contributed by atoms with Gasteiger partial charge in [-0.15, -0.1) is 0 Å². The van der Waals surface area contributed by atoms with Gasteiger partial charge in [0.15, 0.2) is 0 Å². The van der Waals surface area contributed by atoms with Gasteiger partial charge in [-0.1, -0.05) is 53.5 Å². The average Bonchev–Trinajstić information content (AvgIpc) is 2.74. The highest BCUT2D eigenvalue weighted by Crippen LogP contribution is 2.25. The molecule has 3 N–H and O–H groups in total. The van der Waals surface area contributed by atoms with Crippen LogP contribution in [0.3, 0.4) is 0 Å². The van der Waals surface area contributed by atoms with Crippen molar-refractivity contribution in [3.8, 4) is 0 Å². The van der Waals surface area contributed by atoms with Crippen LogP contribution in [0.4, 0.5) is 10.1 Å². The number of hydrogen-bond acceptors (Lipinski definition) is 3. The molecule has 0 saturated carbocycles. The van der Waals surface area contributed by atoms with Gasteiger partial charge in [0.05, 0.1) is 21.2 Å². The molecule has 0 bridgehead atoms. The molecule has 6 nitrogen and oxygen atoms in total. The number of aryl methyl sites for hydroxylation is 1. The van der Waals surface area contributed by atoms with E-state index in [1.165, 1.54) is 6.07 Å². The van der Waals surface area contributed by atoms with Gasteiger partial charge in [-0.3, -0.25) is 9.59 Å². The van der Waals surface area contributed by atoms with E-state index < -0.39 is 29.6 Å². The van der Waals surface area contributed by atoms with Crippen molar-refractivity contribution in [1.82, 2.24) is 5.32 Å². The van der Waals surface area contributed by atoms with Gasteiger partial charge in [-0.25, -0.2) is 9.18 Å². The second kappa shape index (κ2) is 10.5. The molecule has 0 unspecified atom stereocenters. The van der Waals surface area contributed by atoms with E-state index in [0.29, 0.717) is 16.8 Å². The van der Waals surface area contributed by atoms with Gasteiger partial charge in [-0.2, -0.15) is 0 Å². The number of halogens is 3. The Bertz CT molecular complexity index is 1180. The number of rotatable bonds is 7. The Balaban J connectivity index is 1.70. The summed E-state index contributed by atoms with van der Waals surface area (Å²) >= 11 is 12.1. The molecular weight excluding hydrogens is 470 g/mol. The fourth-order valence-corrected chi connectivity index (χ4v) is 3.79. The van der Waals surface area contributed by atoms with Crippen LogP contribution in [0.25, 0.3) is 0 Å². The van der Waals surface area contributed by atoms with Crippen LogP contribution in [0.2, 0.25) is 10.0 Å². The van der Waals surface area contributed by atoms with Crippen LogP contribution in [-0.4, -0.2) is 28.9 Å². The molecule has 3 rings (SSSR count).